The second-order valence-corrected chi connectivity index (χ2v) is 2.78. The van der Waals surface area contributed by atoms with Crippen LogP contribution in [0.25, 0.3) is 0 Å². The lowest BCUT2D eigenvalue weighted by molar-refractivity contribution is 0.487. The van der Waals surface area contributed by atoms with Crippen LogP contribution in [0.2, 0.25) is 0 Å². The van der Waals surface area contributed by atoms with Gasteiger partial charge < -0.3 is 9.80 Å². The van der Waals surface area contributed by atoms with Crippen molar-refractivity contribution in [2.75, 3.05) is 33.2 Å². The van der Waals surface area contributed by atoms with E-state index >= 15 is 0 Å². The molecular formula is C8H17N3. The lowest BCUT2D eigenvalue weighted by atomic mass is 10.6. The van der Waals surface area contributed by atoms with Crippen molar-refractivity contribution in [3.8, 4) is 0 Å². The first-order valence-electron chi connectivity index (χ1n) is 4.30. The van der Waals surface area contributed by atoms with Crippen LogP contribution < -0.4 is 0 Å². The Hall–Kier alpha value is -0.730. The van der Waals surface area contributed by atoms with Gasteiger partial charge in [0.2, 0.25) is 0 Å². The SMILES string of the molecule is CCN=C1N(C)CCN1CC. The van der Waals surface area contributed by atoms with Crippen molar-refractivity contribution in [1.82, 2.24) is 9.80 Å². The molecule has 1 heterocycles. The van der Waals surface area contributed by atoms with E-state index in [1.165, 1.54) is 0 Å². The fourth-order valence-corrected chi connectivity index (χ4v) is 1.37. The Bertz CT molecular complexity index is 153. The Labute approximate surface area is 68.7 Å². The van der Waals surface area contributed by atoms with E-state index in [2.05, 4.69) is 35.7 Å². The van der Waals surface area contributed by atoms with Gasteiger partial charge in [-0.15, -0.1) is 0 Å². The zero-order chi connectivity index (χ0) is 8.27. The zero-order valence-electron chi connectivity index (χ0n) is 7.67. The molecule has 64 valence electrons. The average molecular weight is 155 g/mol. The third-order valence-electron chi connectivity index (χ3n) is 2.01. The molecule has 0 N–H and O–H groups in total. The molecule has 0 spiro atoms. The maximum Gasteiger partial charge on any atom is 0.196 e. The van der Waals surface area contributed by atoms with Gasteiger partial charge in [0.1, 0.15) is 0 Å². The molecule has 1 fully saturated rings. The van der Waals surface area contributed by atoms with Crippen molar-refractivity contribution in [3.05, 3.63) is 0 Å². The van der Waals surface area contributed by atoms with E-state index in [1.54, 1.807) is 0 Å². The average Bonchev–Trinajstić information content (AvgIpc) is 2.34. The van der Waals surface area contributed by atoms with Crippen LogP contribution >= 0.6 is 0 Å². The summed E-state index contributed by atoms with van der Waals surface area (Å²) < 4.78 is 0. The molecule has 11 heavy (non-hydrogen) atoms. The molecule has 0 radical (unpaired) electrons. The number of nitrogens with zero attached hydrogens (tertiary/aromatic N) is 3. The highest BCUT2D eigenvalue weighted by Gasteiger charge is 2.20. The highest BCUT2D eigenvalue weighted by Crippen LogP contribution is 2.05. The van der Waals surface area contributed by atoms with E-state index in [0.29, 0.717) is 0 Å². The highest BCUT2D eigenvalue weighted by atomic mass is 15.4. The number of aliphatic imine (C=N–C) groups is 1. The second-order valence-electron chi connectivity index (χ2n) is 2.78. The van der Waals surface area contributed by atoms with E-state index in [-0.39, 0.29) is 0 Å². The smallest absolute Gasteiger partial charge is 0.196 e. The van der Waals surface area contributed by atoms with Gasteiger partial charge in [-0.05, 0) is 13.8 Å². The molecular weight excluding hydrogens is 138 g/mol. The Kier molecular flexibility index (Phi) is 2.74. The summed E-state index contributed by atoms with van der Waals surface area (Å²) >= 11 is 0. The molecule has 1 aliphatic heterocycles. The van der Waals surface area contributed by atoms with Gasteiger partial charge in [-0.3, -0.25) is 4.99 Å². The molecule has 3 nitrogen and oxygen atoms in total. The summed E-state index contributed by atoms with van der Waals surface area (Å²) in [5.74, 6) is 1.16. The number of likely N-dealkylation sites (N-methyl/N-ethyl adjacent to an activating group) is 2. The molecule has 0 aromatic carbocycles. The molecule has 1 rings (SSSR count). The minimum atomic E-state index is 0.885. The van der Waals surface area contributed by atoms with Crippen molar-refractivity contribution in [1.29, 1.82) is 0 Å². The zero-order valence-corrected chi connectivity index (χ0v) is 7.67. The number of guanidine groups is 1. The summed E-state index contributed by atoms with van der Waals surface area (Å²) in [5.41, 5.74) is 0. The van der Waals surface area contributed by atoms with Crippen molar-refractivity contribution < 1.29 is 0 Å². The molecule has 0 amide bonds. The minimum absolute atomic E-state index is 0.885. The Morgan fingerprint density at radius 1 is 1.36 bits per heavy atom. The predicted octanol–water partition coefficient (Wildman–Crippen LogP) is 0.630. The molecule has 0 aromatic rings. The monoisotopic (exact) mass is 155 g/mol. The maximum atomic E-state index is 4.43. The van der Waals surface area contributed by atoms with E-state index in [0.717, 1.165) is 32.1 Å². The van der Waals surface area contributed by atoms with Gasteiger partial charge in [0.05, 0.1) is 0 Å². The Morgan fingerprint density at radius 2 is 2.09 bits per heavy atom. The maximum absolute atomic E-state index is 4.43. The topological polar surface area (TPSA) is 18.8 Å². The standard InChI is InChI=1S/C8H17N3/c1-4-9-8-10(3)6-7-11(8)5-2/h4-7H2,1-3H3. The Balaban J connectivity index is 2.63. The molecule has 0 aliphatic carbocycles. The first-order valence-corrected chi connectivity index (χ1v) is 4.30. The summed E-state index contributed by atoms with van der Waals surface area (Å²) in [6, 6.07) is 0. The van der Waals surface area contributed by atoms with Gasteiger partial charge in [0, 0.05) is 33.2 Å². The van der Waals surface area contributed by atoms with Gasteiger partial charge >= 0.3 is 0 Å². The first kappa shape index (κ1) is 8.37. The molecule has 0 unspecified atom stereocenters. The molecule has 0 atom stereocenters. The van der Waals surface area contributed by atoms with Crippen molar-refractivity contribution >= 4 is 5.96 Å². The van der Waals surface area contributed by atoms with Crippen molar-refractivity contribution in [2.45, 2.75) is 13.8 Å². The van der Waals surface area contributed by atoms with Crippen LogP contribution in [0.1, 0.15) is 13.8 Å². The minimum Gasteiger partial charge on any atom is -0.344 e. The van der Waals surface area contributed by atoms with E-state index in [9.17, 15) is 0 Å². The van der Waals surface area contributed by atoms with Crippen LogP contribution in [0.15, 0.2) is 4.99 Å². The van der Waals surface area contributed by atoms with Crippen LogP contribution in [-0.4, -0.2) is 49.0 Å². The highest BCUT2D eigenvalue weighted by molar-refractivity contribution is 5.81. The van der Waals surface area contributed by atoms with E-state index < -0.39 is 0 Å². The van der Waals surface area contributed by atoms with Gasteiger partial charge in [0.25, 0.3) is 0 Å². The summed E-state index contributed by atoms with van der Waals surface area (Å²) in [4.78, 5) is 8.95. The second kappa shape index (κ2) is 3.60. The molecule has 0 saturated carbocycles. The lowest BCUT2D eigenvalue weighted by Crippen LogP contribution is -2.31. The lowest BCUT2D eigenvalue weighted by Gasteiger charge is -2.18. The van der Waals surface area contributed by atoms with Crippen LogP contribution in [0.5, 0.6) is 0 Å². The summed E-state index contributed by atoms with van der Waals surface area (Å²) in [6.07, 6.45) is 0. The normalized spacial score (nSPS) is 21.9. The summed E-state index contributed by atoms with van der Waals surface area (Å²) in [6.45, 7) is 8.45. The fourth-order valence-electron chi connectivity index (χ4n) is 1.37. The number of hydrogen-bond acceptors (Lipinski definition) is 1. The molecule has 1 saturated heterocycles. The van der Waals surface area contributed by atoms with Gasteiger partial charge in [0.15, 0.2) is 5.96 Å². The molecule has 0 bridgehead atoms. The third-order valence-corrected chi connectivity index (χ3v) is 2.01. The summed E-state index contributed by atoms with van der Waals surface area (Å²) in [5, 5.41) is 0. The van der Waals surface area contributed by atoms with Crippen molar-refractivity contribution in [3.63, 3.8) is 0 Å². The van der Waals surface area contributed by atoms with Crippen LogP contribution in [0.3, 0.4) is 0 Å². The molecule has 0 aromatic heterocycles. The quantitative estimate of drug-likeness (QED) is 0.582. The largest absolute Gasteiger partial charge is 0.344 e. The van der Waals surface area contributed by atoms with Crippen LogP contribution in [0, 0.1) is 0 Å². The molecule has 3 heteroatoms. The van der Waals surface area contributed by atoms with E-state index in [4.69, 9.17) is 0 Å². The fraction of sp³-hybridized carbons (Fsp3) is 0.875. The molecule has 1 aliphatic rings. The van der Waals surface area contributed by atoms with E-state index in [1.807, 2.05) is 0 Å². The van der Waals surface area contributed by atoms with Gasteiger partial charge in [-0.2, -0.15) is 0 Å². The first-order chi connectivity index (χ1) is 5.29. The predicted molar refractivity (Wildman–Crippen MR) is 47.9 cm³/mol. The van der Waals surface area contributed by atoms with Crippen LogP contribution in [0.4, 0.5) is 0 Å². The third kappa shape index (κ3) is 1.64. The number of rotatable bonds is 2. The Morgan fingerprint density at radius 3 is 2.64 bits per heavy atom. The van der Waals surface area contributed by atoms with Gasteiger partial charge in [-0.1, -0.05) is 0 Å². The summed E-state index contributed by atoms with van der Waals surface area (Å²) in [7, 11) is 2.10. The van der Waals surface area contributed by atoms with Crippen LogP contribution in [-0.2, 0) is 0 Å². The van der Waals surface area contributed by atoms with Crippen molar-refractivity contribution in [2.24, 2.45) is 4.99 Å². The van der Waals surface area contributed by atoms with Gasteiger partial charge in [-0.25, -0.2) is 0 Å². The number of hydrogen-bond donors (Lipinski definition) is 0.